The third kappa shape index (κ3) is 1.76. The van der Waals surface area contributed by atoms with Gasteiger partial charge in [-0.1, -0.05) is 31.0 Å². The Morgan fingerprint density at radius 3 is 2.87 bits per heavy atom. The minimum atomic E-state index is 0.215. The van der Waals surface area contributed by atoms with Gasteiger partial charge in [0.15, 0.2) is 0 Å². The second kappa shape index (κ2) is 3.37. The molecule has 1 amide bonds. The molecule has 0 saturated heterocycles. The van der Waals surface area contributed by atoms with Crippen molar-refractivity contribution >= 4 is 11.6 Å². The Morgan fingerprint density at radius 2 is 2.07 bits per heavy atom. The Labute approximate surface area is 89.7 Å². The maximum Gasteiger partial charge on any atom is 0.227 e. The number of nitrogens with one attached hydrogen (secondary N) is 1. The fourth-order valence-corrected chi connectivity index (χ4v) is 2.36. The van der Waals surface area contributed by atoms with Crippen molar-refractivity contribution in [3.63, 3.8) is 0 Å². The highest BCUT2D eigenvalue weighted by atomic mass is 16.1. The maximum atomic E-state index is 11.8. The number of rotatable bonds is 2. The molecular weight excluding hydrogens is 186 g/mol. The van der Waals surface area contributed by atoms with E-state index < -0.39 is 0 Å². The maximum absolute atomic E-state index is 11.8. The van der Waals surface area contributed by atoms with Crippen molar-refractivity contribution < 1.29 is 4.79 Å². The van der Waals surface area contributed by atoms with E-state index in [0.717, 1.165) is 24.4 Å². The van der Waals surface area contributed by atoms with E-state index >= 15 is 0 Å². The summed E-state index contributed by atoms with van der Waals surface area (Å²) in [4.78, 5) is 11.8. The topological polar surface area (TPSA) is 29.1 Å². The zero-order valence-corrected chi connectivity index (χ0v) is 8.70. The summed E-state index contributed by atoms with van der Waals surface area (Å²) >= 11 is 0. The predicted octanol–water partition coefficient (Wildman–Crippen LogP) is 2.60. The van der Waals surface area contributed by atoms with Gasteiger partial charge in [-0.3, -0.25) is 4.79 Å². The van der Waals surface area contributed by atoms with Crippen LogP contribution in [0.1, 0.15) is 24.8 Å². The number of anilines is 1. The molecule has 3 rings (SSSR count). The van der Waals surface area contributed by atoms with Crippen LogP contribution in [0.2, 0.25) is 0 Å². The average molecular weight is 201 g/mol. The minimum Gasteiger partial charge on any atom is -0.326 e. The van der Waals surface area contributed by atoms with Crippen molar-refractivity contribution in [3.8, 4) is 0 Å². The Kier molecular flexibility index (Phi) is 2.01. The van der Waals surface area contributed by atoms with Crippen LogP contribution in [-0.2, 0) is 11.2 Å². The standard InChI is InChI=1S/C13H15NO/c15-13-11(7-9-5-6-9)8-10-3-1-2-4-12(10)14-13/h1-4,9,11H,5-8H2,(H,14,15). The lowest BCUT2D eigenvalue weighted by Crippen LogP contribution is -2.30. The number of hydrogen-bond acceptors (Lipinski definition) is 1. The third-order valence-corrected chi connectivity index (χ3v) is 3.43. The number of para-hydroxylation sites is 1. The number of carbonyl (C=O) groups is 1. The normalized spacial score (nSPS) is 24.5. The Bertz CT molecular complexity index is 395. The molecule has 0 radical (unpaired) electrons. The van der Waals surface area contributed by atoms with Gasteiger partial charge in [-0.15, -0.1) is 0 Å². The van der Waals surface area contributed by atoms with Crippen LogP contribution in [0, 0.1) is 11.8 Å². The molecule has 0 spiro atoms. The van der Waals surface area contributed by atoms with Crippen molar-refractivity contribution in [1.29, 1.82) is 0 Å². The SMILES string of the molecule is O=C1Nc2ccccc2CC1CC1CC1. The lowest BCUT2D eigenvalue weighted by Gasteiger charge is -2.24. The fourth-order valence-electron chi connectivity index (χ4n) is 2.36. The van der Waals surface area contributed by atoms with Gasteiger partial charge in [0.05, 0.1) is 0 Å². The van der Waals surface area contributed by atoms with Crippen LogP contribution < -0.4 is 5.32 Å². The Balaban J connectivity index is 1.81. The fraction of sp³-hybridized carbons (Fsp3) is 0.462. The van der Waals surface area contributed by atoms with Crippen molar-refractivity contribution in [2.75, 3.05) is 5.32 Å². The van der Waals surface area contributed by atoms with E-state index in [9.17, 15) is 4.79 Å². The van der Waals surface area contributed by atoms with Gasteiger partial charge >= 0.3 is 0 Å². The molecular formula is C13H15NO. The highest BCUT2D eigenvalue weighted by Crippen LogP contribution is 2.38. The quantitative estimate of drug-likeness (QED) is 0.783. The highest BCUT2D eigenvalue weighted by Gasteiger charge is 2.32. The monoisotopic (exact) mass is 201 g/mol. The molecule has 1 atom stereocenters. The molecule has 0 bridgehead atoms. The average Bonchev–Trinajstić information content (AvgIpc) is 3.03. The van der Waals surface area contributed by atoms with Crippen LogP contribution in [0.25, 0.3) is 0 Å². The number of carbonyl (C=O) groups excluding carboxylic acids is 1. The minimum absolute atomic E-state index is 0.215. The van der Waals surface area contributed by atoms with Gasteiger partial charge in [0.25, 0.3) is 0 Å². The van der Waals surface area contributed by atoms with E-state index in [4.69, 9.17) is 0 Å². The molecule has 78 valence electrons. The van der Waals surface area contributed by atoms with Gasteiger partial charge in [-0.25, -0.2) is 0 Å². The molecule has 2 heteroatoms. The lowest BCUT2D eigenvalue weighted by molar-refractivity contribution is -0.120. The summed E-state index contributed by atoms with van der Waals surface area (Å²) < 4.78 is 0. The summed E-state index contributed by atoms with van der Waals surface area (Å²) in [6.45, 7) is 0. The van der Waals surface area contributed by atoms with Crippen molar-refractivity contribution in [2.24, 2.45) is 11.8 Å². The van der Waals surface area contributed by atoms with E-state index in [1.54, 1.807) is 0 Å². The molecule has 1 N–H and O–H groups in total. The van der Waals surface area contributed by atoms with Gasteiger partial charge in [0.1, 0.15) is 0 Å². The summed E-state index contributed by atoms with van der Waals surface area (Å²) in [6.07, 6.45) is 4.66. The highest BCUT2D eigenvalue weighted by molar-refractivity contribution is 5.95. The summed E-state index contributed by atoms with van der Waals surface area (Å²) in [5, 5.41) is 3.00. The molecule has 1 aromatic carbocycles. The molecule has 1 heterocycles. The first-order valence-corrected chi connectivity index (χ1v) is 5.71. The molecule has 1 unspecified atom stereocenters. The predicted molar refractivity (Wildman–Crippen MR) is 59.6 cm³/mol. The first-order valence-electron chi connectivity index (χ1n) is 5.71. The molecule has 1 aliphatic carbocycles. The summed E-state index contributed by atoms with van der Waals surface area (Å²) in [7, 11) is 0. The number of benzene rings is 1. The second-order valence-electron chi connectivity index (χ2n) is 4.73. The van der Waals surface area contributed by atoms with Crippen LogP contribution in [0.4, 0.5) is 5.69 Å². The van der Waals surface area contributed by atoms with Gasteiger partial charge in [0, 0.05) is 11.6 Å². The first kappa shape index (κ1) is 8.96. The summed E-state index contributed by atoms with van der Waals surface area (Å²) in [5.74, 6) is 1.26. The van der Waals surface area contributed by atoms with Gasteiger partial charge in [-0.2, -0.15) is 0 Å². The molecule has 2 aliphatic rings. The summed E-state index contributed by atoms with van der Waals surface area (Å²) in [6, 6.07) is 8.13. The number of fused-ring (bicyclic) bond motifs is 1. The van der Waals surface area contributed by atoms with Gasteiger partial charge in [0.2, 0.25) is 5.91 Å². The van der Waals surface area contributed by atoms with E-state index in [0.29, 0.717) is 0 Å². The Hall–Kier alpha value is -1.31. The van der Waals surface area contributed by atoms with Gasteiger partial charge in [-0.05, 0) is 30.4 Å². The first-order chi connectivity index (χ1) is 7.33. The van der Waals surface area contributed by atoms with Crippen molar-refractivity contribution in [3.05, 3.63) is 29.8 Å². The molecule has 1 saturated carbocycles. The molecule has 1 aliphatic heterocycles. The van der Waals surface area contributed by atoms with E-state index in [-0.39, 0.29) is 11.8 Å². The Morgan fingerprint density at radius 1 is 1.27 bits per heavy atom. The number of hydrogen-bond donors (Lipinski definition) is 1. The molecule has 15 heavy (non-hydrogen) atoms. The van der Waals surface area contributed by atoms with Crippen molar-refractivity contribution in [1.82, 2.24) is 0 Å². The number of amides is 1. The largest absolute Gasteiger partial charge is 0.326 e. The zero-order valence-electron chi connectivity index (χ0n) is 8.70. The second-order valence-corrected chi connectivity index (χ2v) is 4.73. The van der Waals surface area contributed by atoms with Crippen LogP contribution in [0.15, 0.2) is 24.3 Å². The van der Waals surface area contributed by atoms with Crippen LogP contribution >= 0.6 is 0 Å². The van der Waals surface area contributed by atoms with Crippen molar-refractivity contribution in [2.45, 2.75) is 25.7 Å². The van der Waals surface area contributed by atoms with E-state index in [1.165, 1.54) is 18.4 Å². The van der Waals surface area contributed by atoms with Crippen LogP contribution in [-0.4, -0.2) is 5.91 Å². The third-order valence-electron chi connectivity index (χ3n) is 3.43. The lowest BCUT2D eigenvalue weighted by atomic mass is 9.89. The zero-order chi connectivity index (χ0) is 10.3. The molecule has 0 aromatic heterocycles. The molecule has 2 nitrogen and oxygen atoms in total. The molecule has 1 aromatic rings. The summed E-state index contributed by atoms with van der Waals surface area (Å²) in [5.41, 5.74) is 2.30. The van der Waals surface area contributed by atoms with Crippen LogP contribution in [0.3, 0.4) is 0 Å². The van der Waals surface area contributed by atoms with Crippen LogP contribution in [0.5, 0.6) is 0 Å². The molecule has 1 fully saturated rings. The van der Waals surface area contributed by atoms with E-state index in [1.807, 2.05) is 18.2 Å². The smallest absolute Gasteiger partial charge is 0.227 e. The van der Waals surface area contributed by atoms with E-state index in [2.05, 4.69) is 11.4 Å². The van der Waals surface area contributed by atoms with Gasteiger partial charge < -0.3 is 5.32 Å².